The van der Waals surface area contributed by atoms with E-state index < -0.39 is 21.8 Å². The highest BCUT2D eigenvalue weighted by molar-refractivity contribution is 7.90. The second kappa shape index (κ2) is 11.0. The van der Waals surface area contributed by atoms with Gasteiger partial charge in [-0.25, -0.2) is 27.9 Å². The number of furan rings is 1. The Kier molecular flexibility index (Phi) is 6.15. The summed E-state index contributed by atoms with van der Waals surface area (Å²) in [6.45, 7) is 2.20. The third-order valence-electron chi connectivity index (χ3n) is 6.35. The van der Waals surface area contributed by atoms with Gasteiger partial charge in [0.1, 0.15) is 51.3 Å². The first-order valence-corrected chi connectivity index (χ1v) is 14.3. The second-order valence-electron chi connectivity index (χ2n) is 9.35. The summed E-state index contributed by atoms with van der Waals surface area (Å²) in [5, 5.41) is 11.2. The van der Waals surface area contributed by atoms with Crippen molar-refractivity contribution in [1.29, 1.82) is 0 Å². The van der Waals surface area contributed by atoms with Gasteiger partial charge in [-0.1, -0.05) is 0 Å². The van der Waals surface area contributed by atoms with E-state index in [-0.39, 0.29) is 13.1 Å². The summed E-state index contributed by atoms with van der Waals surface area (Å²) in [6.07, 6.45) is 1.75. The van der Waals surface area contributed by atoms with Crippen LogP contribution in [0.4, 0.5) is 11.5 Å². The summed E-state index contributed by atoms with van der Waals surface area (Å²) >= 11 is 0. The van der Waals surface area contributed by atoms with Gasteiger partial charge >= 0.3 is 0 Å². The highest BCUT2D eigenvalue weighted by atomic mass is 32.2. The van der Waals surface area contributed by atoms with E-state index in [1.807, 2.05) is 61.5 Å². The van der Waals surface area contributed by atoms with Crippen molar-refractivity contribution in [2.45, 2.75) is 13.5 Å². The molecule has 4 aromatic heterocycles. The number of aromatic nitrogens is 5. The Morgan fingerprint density at radius 1 is 1.02 bits per heavy atom. The SMILES string of the molecule is [2H]C([2H])([2H])S(=O)(=O)CCNCc1ccc(-c2ccc3ncnc(Nc4ccc(Oc5ccn6ncnc6c5)c(C)c4)c3c2)o1. The number of hydrogen-bond donors (Lipinski definition) is 2. The quantitative estimate of drug-likeness (QED) is 0.218. The number of benzene rings is 2. The van der Waals surface area contributed by atoms with Crippen molar-refractivity contribution in [1.82, 2.24) is 29.9 Å². The van der Waals surface area contributed by atoms with E-state index in [0.29, 0.717) is 34.5 Å². The van der Waals surface area contributed by atoms with Crippen molar-refractivity contribution >= 4 is 37.9 Å². The zero-order valence-electron chi connectivity index (χ0n) is 24.9. The molecule has 2 aromatic carbocycles. The lowest BCUT2D eigenvalue weighted by Gasteiger charge is -2.13. The second-order valence-corrected chi connectivity index (χ2v) is 11.0. The van der Waals surface area contributed by atoms with Gasteiger partial charge in [-0.05, 0) is 67.1 Å². The first kappa shape index (κ1) is 22.9. The lowest BCUT2D eigenvalue weighted by molar-refractivity contribution is 0.478. The third kappa shape index (κ3) is 6.18. The number of nitrogens with zero attached hydrogens (tertiary/aromatic N) is 5. The number of nitrogens with one attached hydrogen (secondary N) is 2. The molecular weight excluding hydrogens is 542 g/mol. The van der Waals surface area contributed by atoms with Gasteiger partial charge in [0, 0.05) is 45.7 Å². The number of anilines is 2. The van der Waals surface area contributed by atoms with Gasteiger partial charge in [0.25, 0.3) is 0 Å². The first-order valence-electron chi connectivity index (χ1n) is 14.2. The minimum Gasteiger partial charge on any atom is -0.460 e. The predicted octanol–water partition coefficient (Wildman–Crippen LogP) is 4.91. The van der Waals surface area contributed by atoms with E-state index >= 15 is 0 Å². The normalized spacial score (nSPS) is 13.1. The van der Waals surface area contributed by atoms with Crippen molar-refractivity contribution in [2.75, 3.05) is 23.8 Å². The fourth-order valence-corrected chi connectivity index (χ4v) is 4.73. The van der Waals surface area contributed by atoms with Crippen molar-refractivity contribution in [3.05, 3.63) is 90.8 Å². The largest absolute Gasteiger partial charge is 0.460 e. The van der Waals surface area contributed by atoms with E-state index in [2.05, 4.69) is 30.7 Å². The molecule has 4 heterocycles. The molecule has 11 nitrogen and oxygen atoms in total. The molecule has 0 saturated heterocycles. The molecule has 0 amide bonds. The van der Waals surface area contributed by atoms with Crippen LogP contribution in [0, 0.1) is 6.92 Å². The molecule has 0 unspecified atom stereocenters. The summed E-state index contributed by atoms with van der Waals surface area (Å²) in [7, 11) is -4.18. The Morgan fingerprint density at radius 2 is 1.95 bits per heavy atom. The molecule has 208 valence electrons. The average molecular weight is 573 g/mol. The zero-order chi connectivity index (χ0) is 30.9. The van der Waals surface area contributed by atoms with Gasteiger partial charge in [-0.3, -0.25) is 0 Å². The van der Waals surface area contributed by atoms with E-state index in [9.17, 15) is 8.42 Å². The Labute approximate surface area is 240 Å². The monoisotopic (exact) mass is 572 g/mol. The summed E-state index contributed by atoms with van der Waals surface area (Å²) in [4.78, 5) is 13.1. The molecule has 0 spiro atoms. The van der Waals surface area contributed by atoms with Crippen LogP contribution in [0.1, 0.15) is 15.4 Å². The lowest BCUT2D eigenvalue weighted by Crippen LogP contribution is -2.21. The van der Waals surface area contributed by atoms with E-state index in [4.69, 9.17) is 13.3 Å². The van der Waals surface area contributed by atoms with Crippen molar-refractivity contribution in [3.8, 4) is 22.8 Å². The van der Waals surface area contributed by atoms with Crippen LogP contribution in [0.25, 0.3) is 27.9 Å². The molecule has 12 heteroatoms. The smallest absolute Gasteiger partial charge is 0.158 e. The number of aryl methyl sites for hydroxylation is 1. The summed E-state index contributed by atoms with van der Waals surface area (Å²) in [5.41, 5.74) is 3.98. The van der Waals surface area contributed by atoms with Crippen LogP contribution in [0.5, 0.6) is 11.5 Å². The van der Waals surface area contributed by atoms with Gasteiger partial charge in [0.2, 0.25) is 0 Å². The standard InChI is InChI=1S/C29H27N7O4S/c1-19-13-21(4-7-26(19)39-22-9-11-36-28(15-22)32-18-34-36)35-29-24-14-20(3-6-25(24)31-17-33-29)27-8-5-23(40-27)16-30-10-12-41(2,37)38/h3-9,11,13-15,17-18,30H,10,12,16H2,1-2H3,(H,31,33,35)/i2D3. The first-order chi connectivity index (χ1) is 21.1. The Morgan fingerprint density at radius 3 is 2.83 bits per heavy atom. The fraction of sp³-hybridized carbons (Fsp3) is 0.172. The molecular formula is C29H27N7O4S. The Bertz CT molecular complexity index is 2080. The summed E-state index contributed by atoms with van der Waals surface area (Å²) in [5.74, 6) is 2.67. The minimum absolute atomic E-state index is 0.00941. The van der Waals surface area contributed by atoms with Crippen molar-refractivity contribution in [3.63, 3.8) is 0 Å². The molecule has 0 fully saturated rings. The predicted molar refractivity (Wildman–Crippen MR) is 156 cm³/mol. The van der Waals surface area contributed by atoms with Gasteiger partial charge in [0.15, 0.2) is 5.65 Å². The molecule has 2 N–H and O–H groups in total. The lowest BCUT2D eigenvalue weighted by atomic mass is 10.1. The molecule has 0 aliphatic heterocycles. The zero-order valence-corrected chi connectivity index (χ0v) is 22.7. The molecule has 6 rings (SSSR count). The molecule has 0 bridgehead atoms. The fourth-order valence-electron chi connectivity index (χ4n) is 4.32. The summed E-state index contributed by atoms with van der Waals surface area (Å²) in [6, 6.07) is 18.7. The molecule has 0 radical (unpaired) electrons. The van der Waals surface area contributed by atoms with Crippen LogP contribution in [0.3, 0.4) is 0 Å². The highest BCUT2D eigenvalue weighted by Crippen LogP contribution is 2.32. The number of ether oxygens (including phenoxy) is 1. The van der Waals surface area contributed by atoms with Crippen LogP contribution in [-0.4, -0.2) is 51.5 Å². The minimum atomic E-state index is -4.18. The van der Waals surface area contributed by atoms with Crippen molar-refractivity contribution < 1.29 is 21.7 Å². The number of rotatable bonds is 10. The average Bonchev–Trinajstić information content (AvgIpc) is 3.66. The number of fused-ring (bicyclic) bond motifs is 2. The molecule has 0 atom stereocenters. The van der Waals surface area contributed by atoms with Crippen LogP contribution >= 0.6 is 0 Å². The maximum Gasteiger partial charge on any atom is 0.158 e. The van der Waals surface area contributed by atoms with Crippen molar-refractivity contribution in [2.24, 2.45) is 0 Å². The third-order valence-corrected chi connectivity index (χ3v) is 7.09. The van der Waals surface area contributed by atoms with Crippen LogP contribution in [0.2, 0.25) is 0 Å². The molecule has 41 heavy (non-hydrogen) atoms. The van der Waals surface area contributed by atoms with Crippen LogP contribution in [-0.2, 0) is 16.4 Å². The number of hydrogen-bond acceptors (Lipinski definition) is 10. The van der Waals surface area contributed by atoms with Crippen LogP contribution in [0.15, 0.2) is 83.9 Å². The molecule has 0 saturated carbocycles. The number of pyridine rings is 1. The number of sulfone groups is 1. The Balaban J connectivity index is 1.15. The van der Waals surface area contributed by atoms with Gasteiger partial charge in [0.05, 0.1) is 17.8 Å². The summed E-state index contributed by atoms with van der Waals surface area (Å²) < 4.78 is 58.6. The van der Waals surface area contributed by atoms with E-state index in [1.165, 1.54) is 12.7 Å². The highest BCUT2D eigenvalue weighted by Gasteiger charge is 2.11. The van der Waals surface area contributed by atoms with Gasteiger partial charge in [-0.2, -0.15) is 5.10 Å². The van der Waals surface area contributed by atoms with Gasteiger partial charge in [-0.15, -0.1) is 0 Å². The van der Waals surface area contributed by atoms with E-state index in [1.54, 1.807) is 16.8 Å². The van der Waals surface area contributed by atoms with Gasteiger partial charge < -0.3 is 19.8 Å². The molecule has 6 aromatic rings. The Hall–Kier alpha value is -4.81. The topological polar surface area (TPSA) is 137 Å². The van der Waals surface area contributed by atoms with Crippen LogP contribution < -0.4 is 15.4 Å². The maximum atomic E-state index is 11.8. The van der Waals surface area contributed by atoms with E-state index in [0.717, 1.165) is 27.7 Å². The molecule has 0 aliphatic rings. The molecule has 0 aliphatic carbocycles. The maximum absolute atomic E-state index is 11.8.